The van der Waals surface area contributed by atoms with Gasteiger partial charge in [0.1, 0.15) is 18.8 Å². The van der Waals surface area contributed by atoms with E-state index in [2.05, 4.69) is 0 Å². The zero-order valence-electron chi connectivity index (χ0n) is 27.9. The van der Waals surface area contributed by atoms with Gasteiger partial charge in [-0.25, -0.2) is 4.79 Å². The summed E-state index contributed by atoms with van der Waals surface area (Å²) < 4.78 is 41.9. The molecule has 1 aliphatic heterocycles. The third-order valence-electron chi connectivity index (χ3n) is 8.04. The second kappa shape index (κ2) is 17.9. The molecular formula is C36H46O11. The van der Waals surface area contributed by atoms with Crippen LogP contribution in [0.15, 0.2) is 78.4 Å². The number of carbonyl (C=O) groups excluding carboxylic acids is 2. The van der Waals surface area contributed by atoms with Crippen molar-refractivity contribution in [3.8, 4) is 5.75 Å². The Bertz CT molecular complexity index is 1350. The van der Waals surface area contributed by atoms with Gasteiger partial charge in [-0.15, -0.1) is 0 Å². The van der Waals surface area contributed by atoms with E-state index in [-0.39, 0.29) is 31.8 Å². The van der Waals surface area contributed by atoms with Crippen molar-refractivity contribution in [1.29, 1.82) is 0 Å². The number of carboxylic acids is 1. The van der Waals surface area contributed by atoms with Crippen LogP contribution in [0, 0.1) is 5.41 Å². The first kappa shape index (κ1) is 37.6. The van der Waals surface area contributed by atoms with Gasteiger partial charge in [-0.3, -0.25) is 9.59 Å². The molecule has 0 amide bonds. The molecule has 1 fully saturated rings. The van der Waals surface area contributed by atoms with Gasteiger partial charge in [0.2, 0.25) is 5.79 Å². The zero-order valence-corrected chi connectivity index (χ0v) is 27.9. The topological polar surface area (TPSA) is 136 Å². The molecule has 0 radical (unpaired) electrons. The first-order valence-electron chi connectivity index (χ1n) is 15.4. The molecule has 0 aromatic heterocycles. The van der Waals surface area contributed by atoms with Gasteiger partial charge >= 0.3 is 11.9 Å². The summed E-state index contributed by atoms with van der Waals surface area (Å²) in [5, 5.41) is 9.79. The van der Waals surface area contributed by atoms with E-state index in [1.54, 1.807) is 27.0 Å². The van der Waals surface area contributed by atoms with Crippen LogP contribution >= 0.6 is 0 Å². The summed E-state index contributed by atoms with van der Waals surface area (Å²) in [4.78, 5) is 35.6. The Balaban J connectivity index is 1.91. The third-order valence-corrected chi connectivity index (χ3v) is 8.04. The molecule has 1 aliphatic rings. The molecule has 0 spiro atoms. The molecule has 5 atom stereocenters. The minimum Gasteiger partial charge on any atom is -0.497 e. The van der Waals surface area contributed by atoms with Gasteiger partial charge in [0.25, 0.3) is 0 Å². The number of ether oxygens (including phenoxy) is 7. The van der Waals surface area contributed by atoms with Crippen molar-refractivity contribution in [3.05, 3.63) is 89.5 Å². The molecule has 47 heavy (non-hydrogen) atoms. The molecule has 1 saturated heterocycles. The highest BCUT2D eigenvalue weighted by Crippen LogP contribution is 2.48. The number of rotatable bonds is 18. The minimum absolute atomic E-state index is 0.00814. The second-order valence-corrected chi connectivity index (χ2v) is 11.8. The van der Waals surface area contributed by atoms with Gasteiger partial charge < -0.3 is 38.3 Å². The number of hydrogen-bond acceptors (Lipinski definition) is 10. The van der Waals surface area contributed by atoms with Gasteiger partial charge in [0.05, 0.1) is 38.6 Å². The van der Waals surface area contributed by atoms with Gasteiger partial charge in [-0.2, -0.15) is 0 Å². The van der Waals surface area contributed by atoms with E-state index in [1.165, 1.54) is 20.1 Å². The smallest absolute Gasteiger partial charge is 0.328 e. The standard InChI is InChI=1S/C36H46O11/c1-25(45-24-43-22-27-11-8-7-9-12-27)32(44-23-28-13-15-30(41-5)16-14-28)21-31-19-29(20-33(39)40)34(46-26(2)38)36(42-6,47-31)35(3,4)17-10-18-37/h7-18,20,25,31-32,34H,19,21-24H2,1-6H3,(H,39,40)/b17-10+,29-20+/t25-,31+,32-,34+,36-/m1/s1. The van der Waals surface area contributed by atoms with Crippen LogP contribution in [0.25, 0.3) is 0 Å². The molecule has 11 nitrogen and oxygen atoms in total. The van der Waals surface area contributed by atoms with Crippen LogP contribution in [-0.4, -0.2) is 74.5 Å². The van der Waals surface area contributed by atoms with Crippen LogP contribution in [0.1, 0.15) is 51.7 Å². The van der Waals surface area contributed by atoms with Crippen molar-refractivity contribution < 1.29 is 52.6 Å². The van der Waals surface area contributed by atoms with Crippen molar-refractivity contribution in [2.75, 3.05) is 21.0 Å². The van der Waals surface area contributed by atoms with Gasteiger partial charge in [-0.1, -0.05) is 62.4 Å². The number of carbonyl (C=O) groups is 3. The molecule has 3 rings (SSSR count). The molecule has 1 N–H and O–H groups in total. The molecular weight excluding hydrogens is 608 g/mol. The highest BCUT2D eigenvalue weighted by atomic mass is 16.7. The largest absolute Gasteiger partial charge is 0.497 e. The van der Waals surface area contributed by atoms with Crippen LogP contribution < -0.4 is 4.74 Å². The lowest BCUT2D eigenvalue weighted by Crippen LogP contribution is -2.63. The summed E-state index contributed by atoms with van der Waals surface area (Å²) in [5.74, 6) is -2.85. The lowest BCUT2D eigenvalue weighted by atomic mass is 9.74. The molecule has 0 unspecified atom stereocenters. The Labute approximate surface area is 276 Å². The van der Waals surface area contributed by atoms with Crippen molar-refractivity contribution in [2.45, 2.75) is 84.0 Å². The number of hydrogen-bond donors (Lipinski definition) is 1. The van der Waals surface area contributed by atoms with Gasteiger partial charge in [-0.05, 0) is 48.3 Å². The summed E-state index contributed by atoms with van der Waals surface area (Å²) in [5.41, 5.74) is 1.12. The Hall–Kier alpha value is -3.87. The fourth-order valence-electron chi connectivity index (χ4n) is 5.59. The van der Waals surface area contributed by atoms with Crippen molar-refractivity contribution in [1.82, 2.24) is 0 Å². The van der Waals surface area contributed by atoms with E-state index in [9.17, 15) is 19.5 Å². The third kappa shape index (κ3) is 10.6. The first-order chi connectivity index (χ1) is 22.4. The first-order valence-corrected chi connectivity index (χ1v) is 15.4. The van der Waals surface area contributed by atoms with Crippen LogP contribution in [0.3, 0.4) is 0 Å². The average Bonchev–Trinajstić information content (AvgIpc) is 3.05. The lowest BCUT2D eigenvalue weighted by Gasteiger charge is -2.53. The molecule has 0 bridgehead atoms. The summed E-state index contributed by atoms with van der Waals surface area (Å²) >= 11 is 0. The Kier molecular flexibility index (Phi) is 14.3. The van der Waals surface area contributed by atoms with Crippen molar-refractivity contribution >= 4 is 18.2 Å². The van der Waals surface area contributed by atoms with Gasteiger partial charge in [0.15, 0.2) is 6.10 Å². The highest BCUT2D eigenvalue weighted by molar-refractivity contribution is 5.81. The predicted octanol–water partition coefficient (Wildman–Crippen LogP) is 5.41. The number of benzene rings is 2. The van der Waals surface area contributed by atoms with E-state index in [1.807, 2.05) is 61.5 Å². The fraction of sp³-hybridized carbons (Fsp3) is 0.472. The maximum Gasteiger partial charge on any atom is 0.328 e. The molecule has 2 aromatic carbocycles. The number of aliphatic carboxylic acids is 1. The highest BCUT2D eigenvalue weighted by Gasteiger charge is 2.59. The Morgan fingerprint density at radius 3 is 2.32 bits per heavy atom. The molecule has 2 aromatic rings. The summed E-state index contributed by atoms with van der Waals surface area (Å²) in [6, 6.07) is 17.2. The molecule has 0 saturated carbocycles. The zero-order chi connectivity index (χ0) is 34.5. The molecule has 0 aliphatic carbocycles. The van der Waals surface area contributed by atoms with Gasteiger partial charge in [0, 0.05) is 31.9 Å². The maximum absolute atomic E-state index is 12.3. The van der Waals surface area contributed by atoms with Crippen LogP contribution in [0.4, 0.5) is 0 Å². The lowest BCUT2D eigenvalue weighted by molar-refractivity contribution is -0.339. The maximum atomic E-state index is 12.3. The Morgan fingerprint density at radius 1 is 1.04 bits per heavy atom. The van der Waals surface area contributed by atoms with E-state index >= 15 is 0 Å². The predicted molar refractivity (Wildman–Crippen MR) is 172 cm³/mol. The molecule has 256 valence electrons. The number of allylic oxidation sites excluding steroid dienone is 1. The Morgan fingerprint density at radius 2 is 1.72 bits per heavy atom. The minimum atomic E-state index is -1.70. The summed E-state index contributed by atoms with van der Waals surface area (Å²) in [7, 11) is 2.99. The quantitative estimate of drug-likeness (QED) is 0.0727. The number of carboxylic acid groups (broad SMARTS) is 1. The van der Waals surface area contributed by atoms with E-state index in [0.717, 1.165) is 23.0 Å². The van der Waals surface area contributed by atoms with E-state index in [0.29, 0.717) is 12.9 Å². The normalized spacial score (nSPS) is 22.1. The van der Waals surface area contributed by atoms with Crippen LogP contribution in [0.5, 0.6) is 5.75 Å². The average molecular weight is 655 g/mol. The van der Waals surface area contributed by atoms with E-state index < -0.39 is 47.6 Å². The summed E-state index contributed by atoms with van der Waals surface area (Å²) in [6.45, 7) is 7.22. The number of methoxy groups -OCH3 is 2. The molecule has 1 heterocycles. The SMILES string of the molecule is COc1ccc(CO[C@H](C[C@@H]2C/C(=C\C(=O)O)[C@H](OC(C)=O)[C@](OC)(C(C)(C)/C=C/C=O)O2)[C@@H](C)OCOCc2ccccc2)cc1. The number of aldehydes is 1. The van der Waals surface area contributed by atoms with Crippen molar-refractivity contribution in [3.63, 3.8) is 0 Å². The monoisotopic (exact) mass is 654 g/mol. The van der Waals surface area contributed by atoms with Crippen LogP contribution in [0.2, 0.25) is 0 Å². The fourth-order valence-corrected chi connectivity index (χ4v) is 5.59. The summed E-state index contributed by atoms with van der Waals surface area (Å²) in [6.07, 6.45) is 1.92. The number of esters is 1. The molecule has 11 heteroatoms. The van der Waals surface area contributed by atoms with Crippen molar-refractivity contribution in [2.24, 2.45) is 5.41 Å². The van der Waals surface area contributed by atoms with E-state index in [4.69, 9.17) is 33.2 Å². The van der Waals surface area contributed by atoms with Crippen LogP contribution in [-0.2, 0) is 56.0 Å². The second-order valence-electron chi connectivity index (χ2n) is 11.8.